The molecule has 0 spiro atoms. The minimum Gasteiger partial charge on any atom is -0.462 e. The molecule has 0 fully saturated rings. The largest absolute Gasteiger partial charge is 0.462 e. The minimum atomic E-state index is -0.775. The Morgan fingerprint density at radius 3 is 0.838 bits per heavy atom. The lowest BCUT2D eigenvalue weighted by Crippen LogP contribution is -2.30. The van der Waals surface area contributed by atoms with Gasteiger partial charge in [-0.05, 0) is 77.0 Å². The summed E-state index contributed by atoms with van der Waals surface area (Å²) in [6, 6.07) is 0. The van der Waals surface area contributed by atoms with Gasteiger partial charge in [0.25, 0.3) is 0 Å². The van der Waals surface area contributed by atoms with Crippen molar-refractivity contribution in [2.24, 2.45) is 0 Å². The lowest BCUT2D eigenvalue weighted by atomic mass is 10.0. The van der Waals surface area contributed by atoms with Gasteiger partial charge in [-0.15, -0.1) is 0 Å². The lowest BCUT2D eigenvalue weighted by Gasteiger charge is -2.18. The SMILES string of the molecule is CCCCCC/C=C\C/C=C\CCCCCCCCCC(=O)OCC(COC(=O)CCCCCCCCCCCCCCCC)OC(=O)CCCCCCCCC/C=C\CCCCCCCCC. The number of carbonyl (C=O) groups excluding carboxylic acids is 3. The second kappa shape index (κ2) is 57.2. The summed E-state index contributed by atoms with van der Waals surface area (Å²) < 4.78 is 16.9. The van der Waals surface area contributed by atoms with E-state index < -0.39 is 6.10 Å². The van der Waals surface area contributed by atoms with Crippen molar-refractivity contribution in [3.63, 3.8) is 0 Å². The van der Waals surface area contributed by atoms with E-state index in [0.717, 1.165) is 70.6 Å². The van der Waals surface area contributed by atoms with Gasteiger partial charge >= 0.3 is 17.9 Å². The van der Waals surface area contributed by atoms with Crippen molar-refractivity contribution >= 4 is 17.9 Å². The van der Waals surface area contributed by atoms with Crippen molar-refractivity contribution in [2.75, 3.05) is 13.2 Å². The van der Waals surface area contributed by atoms with Crippen LogP contribution in [-0.4, -0.2) is 37.2 Å². The maximum Gasteiger partial charge on any atom is 0.306 e. The van der Waals surface area contributed by atoms with Gasteiger partial charge in [-0.3, -0.25) is 14.4 Å². The van der Waals surface area contributed by atoms with E-state index in [1.54, 1.807) is 0 Å². The molecule has 398 valence electrons. The maximum absolute atomic E-state index is 12.9. The zero-order valence-corrected chi connectivity index (χ0v) is 45.6. The first-order valence-electron chi connectivity index (χ1n) is 30.0. The van der Waals surface area contributed by atoms with Gasteiger partial charge in [0, 0.05) is 19.3 Å². The fourth-order valence-corrected chi connectivity index (χ4v) is 8.82. The van der Waals surface area contributed by atoms with E-state index in [1.165, 1.54) is 212 Å². The van der Waals surface area contributed by atoms with Gasteiger partial charge in [0.05, 0.1) is 0 Å². The van der Waals surface area contributed by atoms with E-state index in [4.69, 9.17) is 14.2 Å². The van der Waals surface area contributed by atoms with Crippen LogP contribution in [0.4, 0.5) is 0 Å². The topological polar surface area (TPSA) is 78.9 Å². The van der Waals surface area contributed by atoms with Gasteiger partial charge < -0.3 is 14.2 Å². The van der Waals surface area contributed by atoms with Crippen molar-refractivity contribution < 1.29 is 28.6 Å². The zero-order valence-electron chi connectivity index (χ0n) is 45.6. The van der Waals surface area contributed by atoms with Crippen molar-refractivity contribution in [2.45, 2.75) is 329 Å². The molecule has 0 aliphatic rings. The van der Waals surface area contributed by atoms with Crippen LogP contribution < -0.4 is 0 Å². The van der Waals surface area contributed by atoms with Crippen molar-refractivity contribution in [1.82, 2.24) is 0 Å². The van der Waals surface area contributed by atoms with E-state index in [2.05, 4.69) is 57.2 Å². The third-order valence-electron chi connectivity index (χ3n) is 13.4. The van der Waals surface area contributed by atoms with E-state index in [9.17, 15) is 14.4 Å². The van der Waals surface area contributed by atoms with Crippen LogP contribution >= 0.6 is 0 Å². The molecule has 0 aromatic rings. The molecule has 0 amide bonds. The van der Waals surface area contributed by atoms with Crippen LogP contribution in [0.3, 0.4) is 0 Å². The molecular weight excluding hydrogens is 841 g/mol. The highest BCUT2D eigenvalue weighted by atomic mass is 16.6. The third-order valence-corrected chi connectivity index (χ3v) is 13.4. The molecule has 0 rings (SSSR count). The number of allylic oxidation sites excluding steroid dienone is 6. The molecule has 0 saturated carbocycles. The van der Waals surface area contributed by atoms with Crippen LogP contribution in [-0.2, 0) is 28.6 Å². The molecule has 0 aromatic heterocycles. The molecule has 1 atom stereocenters. The summed E-state index contributed by atoms with van der Waals surface area (Å²) in [4.78, 5) is 38.2. The summed E-state index contributed by atoms with van der Waals surface area (Å²) in [7, 11) is 0. The highest BCUT2D eigenvalue weighted by Gasteiger charge is 2.19. The maximum atomic E-state index is 12.9. The third kappa shape index (κ3) is 54.6. The molecule has 6 heteroatoms. The highest BCUT2D eigenvalue weighted by Crippen LogP contribution is 2.16. The molecule has 0 N–H and O–H groups in total. The van der Waals surface area contributed by atoms with Gasteiger partial charge in [-0.2, -0.15) is 0 Å². The van der Waals surface area contributed by atoms with Crippen molar-refractivity contribution in [1.29, 1.82) is 0 Å². The Morgan fingerprint density at radius 1 is 0.294 bits per heavy atom. The zero-order chi connectivity index (χ0) is 49.3. The van der Waals surface area contributed by atoms with Crippen molar-refractivity contribution in [3.8, 4) is 0 Å². The summed E-state index contributed by atoms with van der Waals surface area (Å²) in [6.07, 6.45) is 68.4. The number of rotatable bonds is 55. The lowest BCUT2D eigenvalue weighted by molar-refractivity contribution is -0.167. The molecule has 0 aromatic carbocycles. The average molecular weight is 956 g/mol. The first-order valence-corrected chi connectivity index (χ1v) is 30.0. The highest BCUT2D eigenvalue weighted by molar-refractivity contribution is 5.71. The Morgan fingerprint density at radius 2 is 0.529 bits per heavy atom. The van der Waals surface area contributed by atoms with Crippen molar-refractivity contribution in [3.05, 3.63) is 36.5 Å². The van der Waals surface area contributed by atoms with Gasteiger partial charge in [-0.25, -0.2) is 0 Å². The molecule has 0 aliphatic carbocycles. The molecule has 0 heterocycles. The van der Waals surface area contributed by atoms with Gasteiger partial charge in [0.1, 0.15) is 13.2 Å². The van der Waals surface area contributed by atoms with Crippen LogP contribution in [0.2, 0.25) is 0 Å². The summed E-state index contributed by atoms with van der Waals surface area (Å²) in [6.45, 7) is 6.66. The number of hydrogen-bond donors (Lipinski definition) is 0. The number of hydrogen-bond acceptors (Lipinski definition) is 6. The second-order valence-corrected chi connectivity index (χ2v) is 20.3. The van der Waals surface area contributed by atoms with Crippen LogP contribution in [0.1, 0.15) is 323 Å². The van der Waals surface area contributed by atoms with Gasteiger partial charge in [0.15, 0.2) is 6.10 Å². The number of esters is 3. The molecule has 68 heavy (non-hydrogen) atoms. The van der Waals surface area contributed by atoms with Crippen LogP contribution in [0, 0.1) is 0 Å². The summed E-state index contributed by atoms with van der Waals surface area (Å²) in [5.41, 5.74) is 0. The minimum absolute atomic E-state index is 0.0726. The first-order chi connectivity index (χ1) is 33.5. The Labute approximate surface area is 423 Å². The summed E-state index contributed by atoms with van der Waals surface area (Å²) >= 11 is 0. The van der Waals surface area contributed by atoms with E-state index >= 15 is 0 Å². The molecule has 0 aliphatic heterocycles. The second-order valence-electron chi connectivity index (χ2n) is 20.3. The van der Waals surface area contributed by atoms with Crippen LogP contribution in [0.25, 0.3) is 0 Å². The smallest absolute Gasteiger partial charge is 0.306 e. The standard InChI is InChI=1S/C62H114O6/c1-4-7-10-13-16-19-22-25-28-30-32-34-37-40-43-46-49-52-55-61(64)67-58-59(57-66-60(63)54-51-48-45-42-39-36-27-24-21-18-15-12-9-6-3)68-62(65)56-53-50-47-44-41-38-35-33-31-29-26-23-20-17-14-11-8-5-2/h19,22,28-31,59H,4-18,20-21,23-27,32-58H2,1-3H3/b22-19-,30-28-,31-29-. The predicted octanol–water partition coefficient (Wildman–Crippen LogP) is 20.0. The summed E-state index contributed by atoms with van der Waals surface area (Å²) in [5, 5.41) is 0. The Kier molecular flexibility index (Phi) is 55.2. The predicted molar refractivity (Wildman–Crippen MR) is 293 cm³/mol. The number of unbranched alkanes of at least 4 members (excludes halogenated alkanes) is 38. The number of carbonyl (C=O) groups is 3. The van der Waals surface area contributed by atoms with Gasteiger partial charge in [-0.1, -0.05) is 263 Å². The molecule has 0 radical (unpaired) electrons. The molecule has 1 unspecified atom stereocenters. The van der Waals surface area contributed by atoms with E-state index in [-0.39, 0.29) is 31.1 Å². The van der Waals surface area contributed by atoms with Crippen LogP contribution in [0.15, 0.2) is 36.5 Å². The normalized spacial score (nSPS) is 12.2. The fourth-order valence-electron chi connectivity index (χ4n) is 8.82. The number of ether oxygens (including phenoxy) is 3. The Bertz CT molecular complexity index is 1140. The quantitative estimate of drug-likeness (QED) is 0.0262. The van der Waals surface area contributed by atoms with Crippen LogP contribution in [0.5, 0.6) is 0 Å². The Hall–Kier alpha value is -2.37. The molecule has 0 saturated heterocycles. The average Bonchev–Trinajstić information content (AvgIpc) is 3.34. The van der Waals surface area contributed by atoms with E-state index in [0.29, 0.717) is 19.3 Å². The Balaban J connectivity index is 4.35. The molecule has 0 bridgehead atoms. The monoisotopic (exact) mass is 955 g/mol. The summed E-state index contributed by atoms with van der Waals surface area (Å²) in [5.74, 6) is -0.866. The van der Waals surface area contributed by atoms with E-state index in [1.807, 2.05) is 0 Å². The van der Waals surface area contributed by atoms with Gasteiger partial charge in [0.2, 0.25) is 0 Å². The fraction of sp³-hybridized carbons (Fsp3) is 0.855. The molecule has 6 nitrogen and oxygen atoms in total. The first kappa shape index (κ1) is 65.6. The molecular formula is C62H114O6.